The van der Waals surface area contributed by atoms with Gasteiger partial charge in [-0.3, -0.25) is 14.4 Å². The fourth-order valence-electron chi connectivity index (χ4n) is 3.00. The summed E-state index contributed by atoms with van der Waals surface area (Å²) in [7, 11) is 0. The van der Waals surface area contributed by atoms with Crippen LogP contribution in [-0.2, 0) is 9.53 Å². The second kappa shape index (κ2) is 9.22. The number of hydrogen-bond acceptors (Lipinski definition) is 7. The first kappa shape index (κ1) is 23.4. The highest BCUT2D eigenvalue weighted by molar-refractivity contribution is 9.15. The van der Waals surface area contributed by atoms with Crippen molar-refractivity contribution in [3.8, 4) is 0 Å². The van der Waals surface area contributed by atoms with Crippen molar-refractivity contribution in [3.63, 3.8) is 0 Å². The van der Waals surface area contributed by atoms with Gasteiger partial charge in [0.2, 0.25) is 0 Å². The number of thioether (sulfide) groups is 1. The molecule has 0 radical (unpaired) electrons. The van der Waals surface area contributed by atoms with E-state index in [2.05, 4.69) is 68.7 Å². The molecule has 0 fully saturated rings. The summed E-state index contributed by atoms with van der Waals surface area (Å²) in [6.45, 7) is 2.09. The highest BCUT2D eigenvalue weighted by Crippen LogP contribution is 2.46. The maximum atomic E-state index is 13.2. The van der Waals surface area contributed by atoms with E-state index in [9.17, 15) is 14.4 Å². The predicted molar refractivity (Wildman–Crippen MR) is 135 cm³/mol. The second-order valence-electron chi connectivity index (χ2n) is 6.18. The van der Waals surface area contributed by atoms with Crippen LogP contribution in [0.25, 0.3) is 10.2 Å². The van der Waals surface area contributed by atoms with E-state index in [0.717, 1.165) is 15.1 Å². The Morgan fingerprint density at radius 2 is 1.68 bits per heavy atom. The monoisotopic (exact) mass is 710 g/mol. The van der Waals surface area contributed by atoms with E-state index < -0.39 is 11.8 Å². The van der Waals surface area contributed by atoms with Crippen molar-refractivity contribution in [1.82, 2.24) is 4.98 Å². The molecule has 0 atom stereocenters. The van der Waals surface area contributed by atoms with Gasteiger partial charge in [-0.15, -0.1) is 11.3 Å². The zero-order chi connectivity index (χ0) is 22.4. The topological polar surface area (TPSA) is 76.6 Å². The summed E-state index contributed by atoms with van der Waals surface area (Å²) < 4.78 is 8.75. The number of hydrogen-bond donors (Lipinski definition) is 0. The standard InChI is InChI=1S/C19H10Br4N2O4S2/c1-2-29-10(26)6-30-19-24-8-4-3-7(5-9(8)31-19)25-17(27)11-12(18(25)28)14(21)16(23)15(22)13(11)20/h3-5H,2,6H2,1H3. The molecule has 6 nitrogen and oxygen atoms in total. The third-order valence-electron chi connectivity index (χ3n) is 4.33. The molecule has 0 bridgehead atoms. The minimum Gasteiger partial charge on any atom is -0.465 e. The number of rotatable bonds is 5. The molecule has 2 amide bonds. The highest BCUT2D eigenvalue weighted by atomic mass is 79.9. The Balaban J connectivity index is 1.68. The van der Waals surface area contributed by atoms with E-state index in [4.69, 9.17) is 4.74 Å². The summed E-state index contributed by atoms with van der Waals surface area (Å²) in [5, 5.41) is 0. The Bertz CT molecular complexity index is 1230. The molecule has 0 spiro atoms. The maximum Gasteiger partial charge on any atom is 0.316 e. The van der Waals surface area contributed by atoms with Crippen LogP contribution in [0.1, 0.15) is 27.6 Å². The van der Waals surface area contributed by atoms with Crippen molar-refractivity contribution in [2.75, 3.05) is 17.3 Å². The van der Waals surface area contributed by atoms with Crippen LogP contribution < -0.4 is 4.90 Å². The molecule has 160 valence electrons. The molecule has 0 saturated carbocycles. The van der Waals surface area contributed by atoms with Crippen LogP contribution in [0.5, 0.6) is 0 Å². The van der Waals surface area contributed by atoms with Crippen LogP contribution in [0.15, 0.2) is 40.4 Å². The van der Waals surface area contributed by atoms with Crippen molar-refractivity contribution in [3.05, 3.63) is 47.2 Å². The van der Waals surface area contributed by atoms with Crippen molar-refractivity contribution < 1.29 is 19.1 Å². The lowest BCUT2D eigenvalue weighted by Crippen LogP contribution is -2.29. The average molecular weight is 714 g/mol. The van der Waals surface area contributed by atoms with Gasteiger partial charge in [0, 0.05) is 17.9 Å². The molecule has 2 heterocycles. The molecule has 12 heteroatoms. The average Bonchev–Trinajstić information content (AvgIpc) is 3.26. The third kappa shape index (κ3) is 4.15. The lowest BCUT2D eigenvalue weighted by Gasteiger charge is -2.13. The lowest BCUT2D eigenvalue weighted by molar-refractivity contribution is -0.139. The van der Waals surface area contributed by atoms with Gasteiger partial charge in [0.15, 0.2) is 4.34 Å². The number of nitrogens with zero attached hydrogens (tertiary/aromatic N) is 2. The van der Waals surface area contributed by atoms with Crippen molar-refractivity contribution in [2.45, 2.75) is 11.3 Å². The van der Waals surface area contributed by atoms with Gasteiger partial charge < -0.3 is 4.74 Å². The molecule has 3 aromatic rings. The number of aromatic nitrogens is 1. The SMILES string of the molecule is CCOC(=O)CSc1nc2ccc(N3C(=O)c4c(Br)c(Br)c(Br)c(Br)c4C3=O)cc2s1. The minimum atomic E-state index is -0.415. The number of halogens is 4. The first-order valence-corrected chi connectivity index (χ1v) is 13.7. The fourth-order valence-corrected chi connectivity index (χ4v) is 7.36. The van der Waals surface area contributed by atoms with Gasteiger partial charge in [-0.2, -0.15) is 0 Å². The Kier molecular flexibility index (Phi) is 6.95. The molecule has 31 heavy (non-hydrogen) atoms. The second-order valence-corrected chi connectivity index (χ2v) is 11.6. The number of esters is 1. The number of thiazole rings is 1. The smallest absolute Gasteiger partial charge is 0.316 e. The van der Waals surface area contributed by atoms with E-state index in [1.807, 2.05) is 0 Å². The molecule has 0 unspecified atom stereocenters. The first-order valence-electron chi connectivity index (χ1n) is 8.68. The highest BCUT2D eigenvalue weighted by Gasteiger charge is 2.42. The lowest BCUT2D eigenvalue weighted by atomic mass is 10.1. The Morgan fingerprint density at radius 1 is 1.06 bits per heavy atom. The largest absolute Gasteiger partial charge is 0.465 e. The summed E-state index contributed by atoms with van der Waals surface area (Å²) in [5.41, 5.74) is 1.77. The number of fused-ring (bicyclic) bond motifs is 2. The van der Waals surface area contributed by atoms with E-state index in [0.29, 0.717) is 45.7 Å². The van der Waals surface area contributed by atoms with Crippen LogP contribution >= 0.6 is 86.8 Å². The van der Waals surface area contributed by atoms with E-state index in [1.165, 1.54) is 23.1 Å². The zero-order valence-electron chi connectivity index (χ0n) is 15.5. The van der Waals surface area contributed by atoms with Gasteiger partial charge in [-0.25, -0.2) is 9.88 Å². The minimum absolute atomic E-state index is 0.171. The van der Waals surface area contributed by atoms with E-state index >= 15 is 0 Å². The van der Waals surface area contributed by atoms with Gasteiger partial charge >= 0.3 is 5.97 Å². The molecule has 0 saturated heterocycles. The van der Waals surface area contributed by atoms with Crippen LogP contribution in [-0.4, -0.2) is 35.1 Å². The molecular weight excluding hydrogens is 704 g/mol. The molecule has 2 aromatic carbocycles. The van der Waals surface area contributed by atoms with Gasteiger partial charge in [0.1, 0.15) is 0 Å². The van der Waals surface area contributed by atoms with E-state index in [1.54, 1.807) is 25.1 Å². The summed E-state index contributed by atoms with van der Waals surface area (Å²) in [4.78, 5) is 43.6. The number of ether oxygens (including phenoxy) is 1. The first-order chi connectivity index (χ1) is 14.7. The van der Waals surface area contributed by atoms with Crippen molar-refractivity contribution >= 4 is 121 Å². The van der Waals surface area contributed by atoms with Gasteiger partial charge in [-0.1, -0.05) is 11.8 Å². The molecule has 1 aliphatic rings. The fraction of sp³-hybridized carbons (Fsp3) is 0.158. The molecular formula is C19H10Br4N2O4S2. The molecule has 1 aliphatic heterocycles. The normalized spacial score (nSPS) is 13.3. The predicted octanol–water partition coefficient (Wildman–Crippen LogP) is 6.80. The van der Waals surface area contributed by atoms with Gasteiger partial charge in [0.05, 0.1) is 39.4 Å². The quantitative estimate of drug-likeness (QED) is 0.0953. The summed E-state index contributed by atoms with van der Waals surface area (Å²) in [6.07, 6.45) is 0. The van der Waals surface area contributed by atoms with Crippen molar-refractivity contribution in [1.29, 1.82) is 0 Å². The summed E-state index contributed by atoms with van der Waals surface area (Å²) in [5.74, 6) is -0.958. The number of anilines is 1. The molecule has 1 aromatic heterocycles. The Morgan fingerprint density at radius 3 is 2.26 bits per heavy atom. The van der Waals surface area contributed by atoms with Crippen LogP contribution in [0.4, 0.5) is 5.69 Å². The molecule has 4 rings (SSSR count). The maximum absolute atomic E-state index is 13.2. The summed E-state index contributed by atoms with van der Waals surface area (Å²) in [6, 6.07) is 5.21. The van der Waals surface area contributed by atoms with Crippen LogP contribution in [0, 0.1) is 0 Å². The summed E-state index contributed by atoms with van der Waals surface area (Å²) >= 11 is 16.4. The number of amides is 2. The number of carbonyl (C=O) groups excluding carboxylic acids is 3. The van der Waals surface area contributed by atoms with Gasteiger partial charge in [-0.05, 0) is 88.8 Å². The number of carbonyl (C=O) groups is 3. The Labute approximate surface area is 218 Å². The van der Waals surface area contributed by atoms with Crippen LogP contribution in [0.3, 0.4) is 0 Å². The zero-order valence-corrected chi connectivity index (χ0v) is 23.5. The Hall–Kier alpha value is -0.790. The van der Waals surface area contributed by atoms with Crippen LogP contribution in [0.2, 0.25) is 0 Å². The number of benzene rings is 2. The number of imide groups is 1. The van der Waals surface area contributed by atoms with E-state index in [-0.39, 0.29) is 11.7 Å². The van der Waals surface area contributed by atoms with Crippen molar-refractivity contribution in [2.24, 2.45) is 0 Å². The van der Waals surface area contributed by atoms with Gasteiger partial charge in [0.25, 0.3) is 11.8 Å². The molecule has 0 N–H and O–H groups in total. The molecule has 0 aliphatic carbocycles. The third-order valence-corrected chi connectivity index (χ3v) is 11.2.